The fourth-order valence-corrected chi connectivity index (χ4v) is 3.56. The Morgan fingerprint density at radius 3 is 2.73 bits per heavy atom. The van der Waals surface area contributed by atoms with Crippen LogP contribution in [0.1, 0.15) is 27.9 Å². The van der Waals surface area contributed by atoms with E-state index in [1.807, 2.05) is 23.1 Å². The van der Waals surface area contributed by atoms with E-state index in [0.29, 0.717) is 18.0 Å². The molecule has 1 aliphatic heterocycles. The van der Waals surface area contributed by atoms with Crippen LogP contribution in [0.4, 0.5) is 0 Å². The number of amides is 2. The lowest BCUT2D eigenvalue weighted by Crippen LogP contribution is -2.30. The van der Waals surface area contributed by atoms with Gasteiger partial charge in [-0.15, -0.1) is 0 Å². The first-order valence-corrected chi connectivity index (χ1v) is 8.94. The van der Waals surface area contributed by atoms with Crippen LogP contribution in [0.3, 0.4) is 0 Å². The Morgan fingerprint density at radius 1 is 1.19 bits per heavy atom. The van der Waals surface area contributed by atoms with Crippen molar-refractivity contribution in [3.63, 3.8) is 0 Å². The molecule has 1 heterocycles. The average Bonchev–Trinajstić information content (AvgIpc) is 3.07. The largest absolute Gasteiger partial charge is 0.506 e. The van der Waals surface area contributed by atoms with Gasteiger partial charge in [-0.05, 0) is 54.2 Å². The number of phenols is 1. The molecule has 0 saturated carbocycles. The third-order valence-corrected chi connectivity index (χ3v) is 5.04. The van der Waals surface area contributed by atoms with Gasteiger partial charge in [0.15, 0.2) is 0 Å². The van der Waals surface area contributed by atoms with Gasteiger partial charge in [-0.25, -0.2) is 0 Å². The number of primary amides is 1. The van der Waals surface area contributed by atoms with Crippen LogP contribution >= 0.6 is 11.6 Å². The van der Waals surface area contributed by atoms with Crippen molar-refractivity contribution in [1.82, 2.24) is 4.90 Å². The molecule has 0 bridgehead atoms. The van der Waals surface area contributed by atoms with Crippen LogP contribution < -0.4 is 5.73 Å². The zero-order chi connectivity index (χ0) is 18.7. The minimum absolute atomic E-state index is 0.0160. The molecule has 5 nitrogen and oxygen atoms in total. The summed E-state index contributed by atoms with van der Waals surface area (Å²) in [7, 11) is 0. The van der Waals surface area contributed by atoms with Gasteiger partial charge in [-0.3, -0.25) is 9.59 Å². The van der Waals surface area contributed by atoms with Crippen molar-refractivity contribution in [1.29, 1.82) is 0 Å². The Morgan fingerprint density at radius 2 is 2.00 bits per heavy atom. The molecule has 2 aromatic rings. The van der Waals surface area contributed by atoms with Gasteiger partial charge >= 0.3 is 0 Å². The molecule has 0 spiro atoms. The monoisotopic (exact) mass is 372 g/mol. The van der Waals surface area contributed by atoms with E-state index in [9.17, 15) is 14.7 Å². The highest BCUT2D eigenvalue weighted by Gasteiger charge is 2.26. The summed E-state index contributed by atoms with van der Waals surface area (Å²) in [5, 5.41) is 9.72. The number of phenolic OH excluding ortho intramolecular Hbond substituents is 1. The lowest BCUT2D eigenvalue weighted by atomic mass is 9.97. The first-order valence-electron chi connectivity index (χ1n) is 8.56. The summed E-state index contributed by atoms with van der Waals surface area (Å²) >= 11 is 5.90. The van der Waals surface area contributed by atoms with Gasteiger partial charge in [0.1, 0.15) is 5.75 Å². The molecule has 2 amide bonds. The van der Waals surface area contributed by atoms with E-state index < -0.39 is 5.91 Å². The van der Waals surface area contributed by atoms with E-state index in [1.54, 1.807) is 18.2 Å². The van der Waals surface area contributed by atoms with Gasteiger partial charge in [0.05, 0.1) is 11.4 Å². The second-order valence-corrected chi connectivity index (χ2v) is 7.13. The van der Waals surface area contributed by atoms with E-state index in [0.717, 1.165) is 30.5 Å². The van der Waals surface area contributed by atoms with Gasteiger partial charge in [0.25, 0.3) is 0 Å². The number of rotatable bonds is 5. The number of carbonyl (C=O) groups excluding carboxylic acids is 2. The summed E-state index contributed by atoms with van der Waals surface area (Å²) in [6, 6.07) is 12.2. The van der Waals surface area contributed by atoms with Gasteiger partial charge < -0.3 is 15.7 Å². The zero-order valence-corrected chi connectivity index (χ0v) is 15.1. The first kappa shape index (κ1) is 18.3. The first-order chi connectivity index (χ1) is 12.4. The normalized spacial score (nSPS) is 16.7. The number of likely N-dealkylation sites (tertiary alicyclic amines) is 1. The second-order valence-electron chi connectivity index (χ2n) is 6.73. The summed E-state index contributed by atoms with van der Waals surface area (Å²) in [5.74, 6) is 0.00977. The molecular weight excluding hydrogens is 352 g/mol. The Kier molecular flexibility index (Phi) is 5.47. The summed E-state index contributed by atoms with van der Waals surface area (Å²) in [6.45, 7) is 1.43. The summed E-state index contributed by atoms with van der Waals surface area (Å²) < 4.78 is 0. The number of hydrogen-bond acceptors (Lipinski definition) is 3. The molecule has 1 saturated heterocycles. The highest BCUT2D eigenvalue weighted by Crippen LogP contribution is 2.25. The predicted octanol–water partition coefficient (Wildman–Crippen LogP) is 2.78. The smallest absolute Gasteiger partial charge is 0.248 e. The number of aromatic hydroxyl groups is 1. The molecule has 1 atom stereocenters. The maximum atomic E-state index is 12.5. The van der Waals surface area contributed by atoms with E-state index in [-0.39, 0.29) is 23.1 Å². The fraction of sp³-hybridized carbons (Fsp3) is 0.300. The Labute approximate surface area is 157 Å². The van der Waals surface area contributed by atoms with Crippen molar-refractivity contribution >= 4 is 23.4 Å². The third-order valence-electron chi connectivity index (χ3n) is 4.74. The van der Waals surface area contributed by atoms with Crippen LogP contribution in [0.2, 0.25) is 5.02 Å². The lowest BCUT2D eigenvalue weighted by molar-refractivity contribution is -0.129. The van der Waals surface area contributed by atoms with Crippen molar-refractivity contribution in [2.75, 3.05) is 13.1 Å². The van der Waals surface area contributed by atoms with Crippen molar-refractivity contribution < 1.29 is 14.7 Å². The highest BCUT2D eigenvalue weighted by atomic mass is 35.5. The maximum Gasteiger partial charge on any atom is 0.248 e. The molecule has 3 rings (SSSR count). The fourth-order valence-electron chi connectivity index (χ4n) is 3.36. The zero-order valence-electron chi connectivity index (χ0n) is 14.3. The molecule has 0 aromatic heterocycles. The molecule has 3 N–H and O–H groups in total. The van der Waals surface area contributed by atoms with Crippen LogP contribution in [-0.2, 0) is 17.6 Å². The van der Waals surface area contributed by atoms with Crippen LogP contribution in [0.15, 0.2) is 42.5 Å². The minimum atomic E-state index is -0.428. The van der Waals surface area contributed by atoms with E-state index in [2.05, 4.69) is 0 Å². The molecule has 1 aliphatic rings. The van der Waals surface area contributed by atoms with E-state index >= 15 is 0 Å². The number of nitrogens with two attached hydrogens (primary N) is 1. The van der Waals surface area contributed by atoms with Crippen molar-refractivity contribution in [2.45, 2.75) is 19.3 Å². The van der Waals surface area contributed by atoms with E-state index in [4.69, 9.17) is 17.3 Å². The Hall–Kier alpha value is -2.53. The third kappa shape index (κ3) is 4.35. The lowest BCUT2D eigenvalue weighted by Gasteiger charge is -2.17. The minimum Gasteiger partial charge on any atom is -0.506 e. The number of benzene rings is 2. The summed E-state index contributed by atoms with van der Waals surface area (Å²) in [4.78, 5) is 25.7. The van der Waals surface area contributed by atoms with Crippen LogP contribution in [-0.4, -0.2) is 34.9 Å². The molecule has 0 radical (unpaired) electrons. The Balaban J connectivity index is 1.57. The molecule has 0 aliphatic carbocycles. The van der Waals surface area contributed by atoms with Crippen molar-refractivity contribution in [2.24, 2.45) is 11.7 Å². The van der Waals surface area contributed by atoms with Gasteiger partial charge in [-0.1, -0.05) is 29.8 Å². The SMILES string of the molecule is NC(=O)c1cccc(C[C@@H]2CCN(C(=O)Cc3ccc(O)c(Cl)c3)C2)c1. The number of halogens is 1. The second kappa shape index (κ2) is 7.79. The Bertz CT molecular complexity index is 838. The quantitative estimate of drug-likeness (QED) is 0.846. The number of hydrogen-bond donors (Lipinski definition) is 2. The van der Waals surface area contributed by atoms with Crippen LogP contribution in [0, 0.1) is 5.92 Å². The number of nitrogens with zero attached hydrogens (tertiary/aromatic N) is 1. The van der Waals surface area contributed by atoms with Crippen molar-refractivity contribution in [3.05, 3.63) is 64.2 Å². The molecule has 1 fully saturated rings. The maximum absolute atomic E-state index is 12.5. The van der Waals surface area contributed by atoms with Gasteiger partial charge in [0.2, 0.25) is 11.8 Å². The molecule has 26 heavy (non-hydrogen) atoms. The summed E-state index contributed by atoms with van der Waals surface area (Å²) in [5.41, 5.74) is 7.69. The predicted molar refractivity (Wildman–Crippen MR) is 100 cm³/mol. The molecule has 2 aromatic carbocycles. The van der Waals surface area contributed by atoms with Gasteiger partial charge in [0, 0.05) is 18.7 Å². The average molecular weight is 373 g/mol. The molecular formula is C20H21ClN2O3. The van der Waals surface area contributed by atoms with Gasteiger partial charge in [-0.2, -0.15) is 0 Å². The highest BCUT2D eigenvalue weighted by molar-refractivity contribution is 6.32. The standard InChI is InChI=1S/C20H21ClN2O3/c21-17-10-14(4-5-18(17)24)11-19(25)23-7-6-15(12-23)8-13-2-1-3-16(9-13)20(22)26/h1-5,9-10,15,24H,6-8,11-12H2,(H2,22,26)/t15-/m0/s1. The van der Waals surface area contributed by atoms with Crippen LogP contribution in [0.25, 0.3) is 0 Å². The number of carbonyl (C=O) groups is 2. The van der Waals surface area contributed by atoms with Crippen LogP contribution in [0.5, 0.6) is 5.75 Å². The molecule has 0 unspecified atom stereocenters. The van der Waals surface area contributed by atoms with E-state index in [1.165, 1.54) is 6.07 Å². The summed E-state index contributed by atoms with van der Waals surface area (Å²) in [6.07, 6.45) is 2.02. The van der Waals surface area contributed by atoms with Crippen molar-refractivity contribution in [3.8, 4) is 5.75 Å². The molecule has 6 heteroatoms. The topological polar surface area (TPSA) is 83.6 Å². The molecule has 136 valence electrons.